The number of hydrogen-bond acceptors (Lipinski definition) is 3. The third kappa shape index (κ3) is 3.28. The Labute approximate surface area is 168 Å². The molecule has 4 amide bonds. The van der Waals surface area contributed by atoms with Crippen LogP contribution in [0.5, 0.6) is 0 Å². The highest BCUT2D eigenvalue weighted by atomic mass is 19.1. The summed E-state index contributed by atoms with van der Waals surface area (Å²) < 4.78 is 15.0. The number of fused-ring (bicyclic) bond motifs is 1. The maximum Gasteiger partial charge on any atom is 0.332 e. The van der Waals surface area contributed by atoms with Crippen molar-refractivity contribution >= 4 is 23.5 Å². The Bertz CT molecular complexity index is 982. The molecule has 152 valence electrons. The first kappa shape index (κ1) is 19.2. The maximum atomic E-state index is 13.3. The van der Waals surface area contributed by atoms with Gasteiger partial charge in [-0.3, -0.25) is 9.59 Å². The number of benzene rings is 1. The number of imide groups is 1. The van der Waals surface area contributed by atoms with Crippen LogP contribution in [0.2, 0.25) is 0 Å². The van der Waals surface area contributed by atoms with Crippen LogP contribution >= 0.6 is 0 Å². The van der Waals surface area contributed by atoms with Gasteiger partial charge in [0.25, 0.3) is 11.8 Å². The number of carbonyl (C=O) groups is 3. The second-order valence-electron chi connectivity index (χ2n) is 8.43. The van der Waals surface area contributed by atoms with Crippen LogP contribution in [-0.4, -0.2) is 57.9 Å². The van der Waals surface area contributed by atoms with Crippen molar-refractivity contribution in [1.29, 1.82) is 0 Å². The Kier molecular flexibility index (Phi) is 4.44. The SMILES string of the molecule is Cn1cccc1C(=O)N1CC2C(=O)N(c3ccc(F)cc3)C(=O)N2CC(C)(C)C1. The quantitative estimate of drug-likeness (QED) is 0.730. The number of anilines is 1. The summed E-state index contributed by atoms with van der Waals surface area (Å²) in [5.41, 5.74) is 0.457. The van der Waals surface area contributed by atoms with E-state index in [4.69, 9.17) is 0 Å². The molecule has 4 rings (SSSR count). The van der Waals surface area contributed by atoms with Crippen molar-refractivity contribution in [3.8, 4) is 0 Å². The van der Waals surface area contributed by atoms with Crippen molar-refractivity contribution < 1.29 is 18.8 Å². The molecule has 2 aliphatic heterocycles. The Morgan fingerprint density at radius 1 is 1.10 bits per heavy atom. The van der Waals surface area contributed by atoms with E-state index in [-0.39, 0.29) is 12.5 Å². The van der Waals surface area contributed by atoms with E-state index >= 15 is 0 Å². The van der Waals surface area contributed by atoms with E-state index in [1.165, 1.54) is 29.2 Å². The number of rotatable bonds is 2. The number of urea groups is 1. The van der Waals surface area contributed by atoms with Gasteiger partial charge >= 0.3 is 6.03 Å². The number of aryl methyl sites for hydroxylation is 1. The lowest BCUT2D eigenvalue weighted by Gasteiger charge is -2.30. The molecule has 7 nitrogen and oxygen atoms in total. The molecule has 0 aliphatic carbocycles. The predicted molar refractivity (Wildman–Crippen MR) is 105 cm³/mol. The summed E-state index contributed by atoms with van der Waals surface area (Å²) in [6.07, 6.45) is 1.79. The van der Waals surface area contributed by atoms with Gasteiger partial charge in [0.2, 0.25) is 0 Å². The van der Waals surface area contributed by atoms with E-state index < -0.39 is 29.2 Å². The van der Waals surface area contributed by atoms with Crippen LogP contribution in [-0.2, 0) is 11.8 Å². The molecule has 2 fully saturated rings. The van der Waals surface area contributed by atoms with Gasteiger partial charge in [-0.1, -0.05) is 13.8 Å². The van der Waals surface area contributed by atoms with Crippen LogP contribution in [0.4, 0.5) is 14.9 Å². The first-order chi connectivity index (χ1) is 13.7. The van der Waals surface area contributed by atoms with Gasteiger partial charge in [0, 0.05) is 31.7 Å². The third-order valence-electron chi connectivity index (χ3n) is 5.46. The van der Waals surface area contributed by atoms with E-state index in [9.17, 15) is 18.8 Å². The second-order valence-corrected chi connectivity index (χ2v) is 8.43. The highest BCUT2D eigenvalue weighted by molar-refractivity contribution is 6.21. The van der Waals surface area contributed by atoms with Crippen LogP contribution in [0.1, 0.15) is 24.3 Å². The summed E-state index contributed by atoms with van der Waals surface area (Å²) >= 11 is 0. The Hall–Kier alpha value is -3.16. The molecule has 2 saturated heterocycles. The average Bonchev–Trinajstić information content (AvgIpc) is 3.12. The molecule has 2 aromatic rings. The fourth-order valence-corrected chi connectivity index (χ4v) is 4.12. The van der Waals surface area contributed by atoms with Crippen LogP contribution in [0.15, 0.2) is 42.6 Å². The largest absolute Gasteiger partial charge is 0.347 e. The highest BCUT2D eigenvalue weighted by Gasteiger charge is 2.50. The van der Waals surface area contributed by atoms with E-state index in [0.29, 0.717) is 24.5 Å². The third-order valence-corrected chi connectivity index (χ3v) is 5.46. The molecule has 29 heavy (non-hydrogen) atoms. The van der Waals surface area contributed by atoms with Crippen LogP contribution < -0.4 is 4.90 Å². The molecule has 0 N–H and O–H groups in total. The molecule has 0 spiro atoms. The Balaban J connectivity index is 1.68. The van der Waals surface area contributed by atoms with Gasteiger partial charge in [-0.05, 0) is 36.4 Å². The molecular formula is C21H23FN4O3. The van der Waals surface area contributed by atoms with E-state index in [0.717, 1.165) is 4.90 Å². The summed E-state index contributed by atoms with van der Waals surface area (Å²) in [5, 5.41) is 0. The first-order valence-electron chi connectivity index (χ1n) is 9.49. The van der Waals surface area contributed by atoms with E-state index in [2.05, 4.69) is 0 Å². The van der Waals surface area contributed by atoms with Crippen molar-refractivity contribution in [1.82, 2.24) is 14.4 Å². The number of aromatic nitrogens is 1. The van der Waals surface area contributed by atoms with Crippen molar-refractivity contribution in [2.75, 3.05) is 24.5 Å². The van der Waals surface area contributed by atoms with Crippen LogP contribution in [0.25, 0.3) is 0 Å². The summed E-state index contributed by atoms with van der Waals surface area (Å²) in [7, 11) is 1.79. The minimum Gasteiger partial charge on any atom is -0.347 e. The van der Waals surface area contributed by atoms with Gasteiger partial charge < -0.3 is 14.4 Å². The smallest absolute Gasteiger partial charge is 0.332 e. The van der Waals surface area contributed by atoms with Crippen molar-refractivity contribution in [2.45, 2.75) is 19.9 Å². The number of carbonyl (C=O) groups excluding carboxylic acids is 3. The lowest BCUT2D eigenvalue weighted by atomic mass is 9.92. The van der Waals surface area contributed by atoms with Gasteiger partial charge in [0.15, 0.2) is 0 Å². The monoisotopic (exact) mass is 398 g/mol. The van der Waals surface area contributed by atoms with E-state index in [1.54, 1.807) is 34.8 Å². The van der Waals surface area contributed by atoms with Gasteiger partial charge in [-0.25, -0.2) is 14.1 Å². The standard InChI is InChI=1S/C21H23FN4O3/c1-21(2)12-24(18(27)16-5-4-10-23(16)3)11-17-19(28)26(20(29)25(17)13-21)15-8-6-14(22)7-9-15/h4-10,17H,11-13H2,1-3H3. The molecular weight excluding hydrogens is 375 g/mol. The molecule has 0 saturated carbocycles. The summed E-state index contributed by atoms with van der Waals surface area (Å²) in [6.45, 7) is 4.84. The van der Waals surface area contributed by atoms with Gasteiger partial charge in [-0.15, -0.1) is 0 Å². The zero-order valence-electron chi connectivity index (χ0n) is 16.6. The average molecular weight is 398 g/mol. The zero-order chi connectivity index (χ0) is 20.9. The molecule has 0 bridgehead atoms. The highest BCUT2D eigenvalue weighted by Crippen LogP contribution is 2.33. The topological polar surface area (TPSA) is 65.9 Å². The van der Waals surface area contributed by atoms with Crippen molar-refractivity contribution in [3.63, 3.8) is 0 Å². The Morgan fingerprint density at radius 3 is 2.41 bits per heavy atom. The number of hydrogen-bond donors (Lipinski definition) is 0. The summed E-state index contributed by atoms with van der Waals surface area (Å²) in [6, 6.07) is 7.59. The molecule has 2 aliphatic rings. The molecule has 0 radical (unpaired) electrons. The lowest BCUT2D eigenvalue weighted by Crippen LogP contribution is -2.44. The molecule has 8 heteroatoms. The minimum absolute atomic E-state index is 0.121. The molecule has 1 aromatic carbocycles. The summed E-state index contributed by atoms with van der Waals surface area (Å²) in [5.74, 6) is -1.01. The minimum atomic E-state index is -0.765. The fraction of sp³-hybridized carbons (Fsp3) is 0.381. The molecule has 1 aromatic heterocycles. The van der Waals surface area contributed by atoms with Crippen molar-refractivity contribution in [3.05, 3.63) is 54.1 Å². The fourth-order valence-electron chi connectivity index (χ4n) is 4.12. The normalized spacial score (nSPS) is 21.4. The van der Waals surface area contributed by atoms with E-state index in [1.807, 2.05) is 13.8 Å². The van der Waals surface area contributed by atoms with Gasteiger partial charge in [0.05, 0.1) is 12.2 Å². The lowest BCUT2D eigenvalue weighted by molar-refractivity contribution is -0.119. The second kappa shape index (κ2) is 6.72. The summed E-state index contributed by atoms with van der Waals surface area (Å²) in [4.78, 5) is 43.6. The number of nitrogens with zero attached hydrogens (tertiary/aromatic N) is 4. The maximum absolute atomic E-state index is 13.3. The van der Waals surface area contributed by atoms with Gasteiger partial charge in [0.1, 0.15) is 17.6 Å². The van der Waals surface area contributed by atoms with Gasteiger partial charge in [-0.2, -0.15) is 0 Å². The zero-order valence-corrected chi connectivity index (χ0v) is 16.6. The first-order valence-corrected chi connectivity index (χ1v) is 9.49. The van der Waals surface area contributed by atoms with Crippen LogP contribution in [0.3, 0.4) is 0 Å². The predicted octanol–water partition coefficient (Wildman–Crippen LogP) is 2.48. The number of halogens is 1. The Morgan fingerprint density at radius 2 is 1.79 bits per heavy atom. The number of amides is 4. The van der Waals surface area contributed by atoms with Crippen LogP contribution in [0, 0.1) is 11.2 Å². The molecule has 1 unspecified atom stereocenters. The molecule has 1 atom stereocenters. The van der Waals surface area contributed by atoms with Crippen molar-refractivity contribution in [2.24, 2.45) is 12.5 Å². The molecule has 3 heterocycles.